The summed E-state index contributed by atoms with van der Waals surface area (Å²) in [4.78, 5) is 11.6. The van der Waals surface area contributed by atoms with Crippen LogP contribution in [0.4, 0.5) is 10.3 Å². The van der Waals surface area contributed by atoms with Crippen molar-refractivity contribution in [2.24, 2.45) is 0 Å². The first-order valence-corrected chi connectivity index (χ1v) is 8.50. The van der Waals surface area contributed by atoms with Gasteiger partial charge in [0, 0.05) is 11.8 Å². The summed E-state index contributed by atoms with van der Waals surface area (Å²) >= 11 is 3.07. The van der Waals surface area contributed by atoms with Crippen LogP contribution in [0.2, 0.25) is 0 Å². The Balaban J connectivity index is 2.21. The van der Waals surface area contributed by atoms with Crippen molar-refractivity contribution in [1.82, 2.24) is 24.6 Å². The van der Waals surface area contributed by atoms with Gasteiger partial charge in [0.15, 0.2) is 5.82 Å². The second-order valence-electron chi connectivity index (χ2n) is 4.41. The van der Waals surface area contributed by atoms with Gasteiger partial charge >= 0.3 is 0 Å². The summed E-state index contributed by atoms with van der Waals surface area (Å²) in [5.74, 6) is -0.382. The second-order valence-corrected chi connectivity index (χ2v) is 7.18. The third-order valence-corrected chi connectivity index (χ3v) is 4.18. The molecule has 8 nitrogen and oxygen atoms in total. The van der Waals surface area contributed by atoms with Gasteiger partial charge in [-0.25, -0.2) is 12.8 Å². The molecule has 0 saturated carbocycles. The fourth-order valence-electron chi connectivity index (χ4n) is 1.71. The Labute approximate surface area is 132 Å². The molecule has 0 aliphatic carbocycles. The van der Waals surface area contributed by atoms with Crippen LogP contribution in [0, 0.1) is 5.82 Å². The summed E-state index contributed by atoms with van der Waals surface area (Å²) in [6.07, 6.45) is 0.965. The monoisotopic (exact) mass is 386 g/mol. The molecule has 0 saturated heterocycles. The van der Waals surface area contributed by atoms with Gasteiger partial charge in [-0.1, -0.05) is 0 Å². The van der Waals surface area contributed by atoms with Gasteiger partial charge in [-0.05, 0) is 34.1 Å². The minimum atomic E-state index is -3.62. The third-order valence-electron chi connectivity index (χ3n) is 2.72. The van der Waals surface area contributed by atoms with E-state index in [-0.39, 0.29) is 22.0 Å². The molecule has 2 aromatic heterocycles. The number of rotatable bonds is 2. The predicted octanol–water partition coefficient (Wildman–Crippen LogP) is 1.07. The van der Waals surface area contributed by atoms with E-state index in [1.807, 2.05) is 0 Å². The number of sulfone groups is 1. The number of nitrogens with zero attached hydrogens (tertiary/aromatic N) is 5. The maximum atomic E-state index is 13.3. The first-order chi connectivity index (χ1) is 10.3. The lowest BCUT2D eigenvalue weighted by molar-refractivity contribution is 0.592. The number of nitrogen functional groups attached to an aromatic ring is 1. The third kappa shape index (κ3) is 2.52. The molecule has 0 atom stereocenters. The largest absolute Gasteiger partial charge is 0.368 e. The van der Waals surface area contributed by atoms with Gasteiger partial charge in [0.1, 0.15) is 5.82 Å². The number of aromatic nitrogens is 5. The summed E-state index contributed by atoms with van der Waals surface area (Å²) in [6.45, 7) is 0. The molecule has 0 spiro atoms. The highest BCUT2D eigenvalue weighted by molar-refractivity contribution is 9.10. The molecular formula is C11H8BrFN6O2S. The minimum absolute atomic E-state index is 0.0108. The maximum absolute atomic E-state index is 13.3. The van der Waals surface area contributed by atoms with E-state index in [1.54, 1.807) is 0 Å². The number of fused-ring (bicyclic) bond motifs is 1. The van der Waals surface area contributed by atoms with E-state index < -0.39 is 20.8 Å². The van der Waals surface area contributed by atoms with Crippen molar-refractivity contribution in [3.63, 3.8) is 0 Å². The van der Waals surface area contributed by atoms with Crippen molar-refractivity contribution in [3.8, 4) is 11.4 Å². The fourth-order valence-corrected chi connectivity index (χ4v) is 2.59. The standard InChI is InChI=1S/C11H8BrFN6O2S/c1-22(20,21)11-16-9(14)19-10(17-11)15-8(18-19)5-2-3-7(13)6(12)4-5/h2-4H,1H3,(H2,14,15,16,17,18). The average Bonchev–Trinajstić information content (AvgIpc) is 2.85. The lowest BCUT2D eigenvalue weighted by atomic mass is 10.2. The molecule has 22 heavy (non-hydrogen) atoms. The molecule has 0 unspecified atom stereocenters. The number of hydrogen-bond acceptors (Lipinski definition) is 7. The maximum Gasteiger partial charge on any atom is 0.258 e. The summed E-state index contributed by atoms with van der Waals surface area (Å²) in [5, 5.41) is 3.66. The van der Waals surface area contributed by atoms with Crippen LogP contribution < -0.4 is 5.73 Å². The summed E-state index contributed by atoms with van der Waals surface area (Å²) in [6, 6.07) is 4.23. The van der Waals surface area contributed by atoms with Gasteiger partial charge in [-0.3, -0.25) is 0 Å². The van der Waals surface area contributed by atoms with Crippen molar-refractivity contribution in [2.45, 2.75) is 5.16 Å². The normalized spacial score (nSPS) is 12.0. The average molecular weight is 387 g/mol. The molecule has 2 heterocycles. The van der Waals surface area contributed by atoms with Crippen LogP contribution in [0.5, 0.6) is 0 Å². The van der Waals surface area contributed by atoms with Gasteiger partial charge in [-0.15, -0.1) is 5.10 Å². The Morgan fingerprint density at radius 1 is 1.27 bits per heavy atom. The molecule has 0 aliphatic rings. The molecule has 0 bridgehead atoms. The van der Waals surface area contributed by atoms with Crippen molar-refractivity contribution >= 4 is 37.5 Å². The van der Waals surface area contributed by atoms with Crippen LogP contribution in [-0.4, -0.2) is 39.2 Å². The smallest absolute Gasteiger partial charge is 0.258 e. The molecule has 3 aromatic rings. The predicted molar refractivity (Wildman–Crippen MR) is 79.2 cm³/mol. The number of halogens is 2. The van der Waals surface area contributed by atoms with Gasteiger partial charge < -0.3 is 5.73 Å². The first kappa shape index (κ1) is 14.8. The zero-order chi connectivity index (χ0) is 16.1. The topological polar surface area (TPSA) is 116 Å². The lowest BCUT2D eigenvalue weighted by Gasteiger charge is -1.99. The highest BCUT2D eigenvalue weighted by atomic mass is 79.9. The molecule has 11 heteroatoms. The van der Waals surface area contributed by atoms with Crippen molar-refractivity contribution < 1.29 is 12.8 Å². The van der Waals surface area contributed by atoms with E-state index in [0.29, 0.717) is 5.56 Å². The number of anilines is 1. The van der Waals surface area contributed by atoms with Gasteiger partial charge in [0.05, 0.1) is 4.47 Å². The Morgan fingerprint density at radius 3 is 2.64 bits per heavy atom. The van der Waals surface area contributed by atoms with E-state index >= 15 is 0 Å². The van der Waals surface area contributed by atoms with Gasteiger partial charge in [0.2, 0.25) is 15.8 Å². The Kier molecular flexibility index (Phi) is 3.33. The Morgan fingerprint density at radius 2 is 2.00 bits per heavy atom. The molecule has 114 valence electrons. The van der Waals surface area contributed by atoms with Crippen LogP contribution in [-0.2, 0) is 9.84 Å². The van der Waals surface area contributed by atoms with Crippen LogP contribution in [0.15, 0.2) is 27.8 Å². The molecular weight excluding hydrogens is 379 g/mol. The molecule has 3 rings (SSSR count). The molecule has 0 radical (unpaired) electrons. The summed E-state index contributed by atoms with van der Waals surface area (Å²) in [5.41, 5.74) is 6.19. The zero-order valence-corrected chi connectivity index (χ0v) is 13.4. The summed E-state index contributed by atoms with van der Waals surface area (Å²) < 4.78 is 37.6. The highest BCUT2D eigenvalue weighted by Gasteiger charge is 2.18. The minimum Gasteiger partial charge on any atom is -0.368 e. The quantitative estimate of drug-likeness (QED) is 0.699. The fraction of sp³-hybridized carbons (Fsp3) is 0.0909. The lowest BCUT2D eigenvalue weighted by Crippen LogP contribution is -2.11. The van der Waals surface area contributed by atoms with Gasteiger partial charge in [0.25, 0.3) is 10.9 Å². The SMILES string of the molecule is CS(=O)(=O)c1nc(N)n2nc(-c3ccc(F)c(Br)c3)nc2n1. The summed E-state index contributed by atoms with van der Waals surface area (Å²) in [7, 11) is -3.62. The molecule has 0 aliphatic heterocycles. The number of hydrogen-bond donors (Lipinski definition) is 1. The van der Waals surface area contributed by atoms with Crippen LogP contribution >= 0.6 is 15.9 Å². The van der Waals surface area contributed by atoms with E-state index in [2.05, 4.69) is 36.0 Å². The zero-order valence-electron chi connectivity index (χ0n) is 11.0. The molecule has 0 amide bonds. The van der Waals surface area contributed by atoms with Crippen molar-refractivity contribution in [2.75, 3.05) is 12.0 Å². The van der Waals surface area contributed by atoms with E-state index in [0.717, 1.165) is 10.8 Å². The van der Waals surface area contributed by atoms with E-state index in [1.165, 1.54) is 18.2 Å². The first-order valence-electron chi connectivity index (χ1n) is 5.81. The number of benzene rings is 1. The molecule has 1 aromatic carbocycles. The van der Waals surface area contributed by atoms with E-state index in [4.69, 9.17) is 5.73 Å². The second kappa shape index (κ2) is 4.95. The van der Waals surface area contributed by atoms with Crippen LogP contribution in [0.3, 0.4) is 0 Å². The number of nitrogens with two attached hydrogens (primary N) is 1. The highest BCUT2D eigenvalue weighted by Crippen LogP contribution is 2.23. The van der Waals surface area contributed by atoms with Gasteiger partial charge in [-0.2, -0.15) is 19.5 Å². The van der Waals surface area contributed by atoms with Crippen LogP contribution in [0.25, 0.3) is 17.2 Å². The molecule has 0 fully saturated rings. The van der Waals surface area contributed by atoms with Crippen molar-refractivity contribution in [1.29, 1.82) is 0 Å². The Bertz CT molecular complexity index is 1000. The Hall–Kier alpha value is -2.14. The molecule has 2 N–H and O–H groups in total. The van der Waals surface area contributed by atoms with E-state index in [9.17, 15) is 12.8 Å². The van der Waals surface area contributed by atoms with Crippen molar-refractivity contribution in [3.05, 3.63) is 28.5 Å². The van der Waals surface area contributed by atoms with Crippen LogP contribution in [0.1, 0.15) is 0 Å².